The number of rotatable bonds is 5. The summed E-state index contributed by atoms with van der Waals surface area (Å²) in [5.74, 6) is 1.88. The van der Waals surface area contributed by atoms with Crippen LogP contribution >= 0.6 is 0 Å². The first-order valence-electron chi connectivity index (χ1n) is 9.21. The molecule has 0 unspecified atom stereocenters. The Balaban J connectivity index is 1.51. The minimum absolute atomic E-state index is 0.0550. The Morgan fingerprint density at radius 1 is 1.12 bits per heavy atom. The fourth-order valence-corrected chi connectivity index (χ4v) is 3.26. The number of imidazole rings is 1. The highest BCUT2D eigenvalue weighted by Gasteiger charge is 2.21. The van der Waals surface area contributed by atoms with Gasteiger partial charge in [0, 0.05) is 38.9 Å². The van der Waals surface area contributed by atoms with Gasteiger partial charge in [-0.05, 0) is 32.4 Å². The van der Waals surface area contributed by atoms with Gasteiger partial charge in [-0.1, -0.05) is 18.2 Å². The molecule has 1 aromatic carbocycles. The van der Waals surface area contributed by atoms with E-state index in [1.165, 1.54) is 5.69 Å². The van der Waals surface area contributed by atoms with Crippen molar-refractivity contribution in [2.45, 2.75) is 26.8 Å². The van der Waals surface area contributed by atoms with E-state index in [2.05, 4.69) is 28.4 Å². The van der Waals surface area contributed by atoms with Crippen molar-refractivity contribution in [2.75, 3.05) is 32.8 Å². The van der Waals surface area contributed by atoms with E-state index in [4.69, 9.17) is 4.74 Å². The van der Waals surface area contributed by atoms with Crippen molar-refractivity contribution < 1.29 is 9.53 Å². The maximum absolute atomic E-state index is 12.5. The zero-order valence-corrected chi connectivity index (χ0v) is 15.9. The van der Waals surface area contributed by atoms with E-state index in [9.17, 15) is 4.79 Å². The average molecular weight is 356 g/mol. The van der Waals surface area contributed by atoms with E-state index in [0.717, 1.165) is 56.4 Å². The first kappa shape index (κ1) is 18.5. The van der Waals surface area contributed by atoms with Crippen LogP contribution in [-0.4, -0.2) is 58.0 Å². The molecule has 0 bridgehead atoms. The molecule has 2 aromatic rings. The number of benzene rings is 1. The van der Waals surface area contributed by atoms with Gasteiger partial charge in [0.1, 0.15) is 11.6 Å². The van der Waals surface area contributed by atoms with Gasteiger partial charge in [0.25, 0.3) is 5.91 Å². The Hall–Kier alpha value is -2.34. The normalized spacial score (nSPS) is 15.7. The number of nitrogens with zero attached hydrogens (tertiary/aromatic N) is 4. The first-order chi connectivity index (χ1) is 12.5. The third-order valence-electron chi connectivity index (χ3n) is 5.12. The number of ether oxygens (including phenoxy) is 1. The third kappa shape index (κ3) is 4.43. The van der Waals surface area contributed by atoms with Crippen LogP contribution in [0.25, 0.3) is 0 Å². The van der Waals surface area contributed by atoms with Gasteiger partial charge in [-0.2, -0.15) is 0 Å². The average Bonchev–Trinajstić information content (AvgIpc) is 2.84. The van der Waals surface area contributed by atoms with Crippen LogP contribution in [-0.2, 0) is 18.4 Å². The molecule has 0 N–H and O–H groups in total. The Bertz CT molecular complexity index is 742. The van der Waals surface area contributed by atoms with Gasteiger partial charge >= 0.3 is 0 Å². The Morgan fingerprint density at radius 2 is 1.88 bits per heavy atom. The van der Waals surface area contributed by atoms with Crippen molar-refractivity contribution in [3.63, 3.8) is 0 Å². The lowest BCUT2D eigenvalue weighted by molar-refractivity contribution is -0.133. The van der Waals surface area contributed by atoms with Gasteiger partial charge in [0.2, 0.25) is 0 Å². The summed E-state index contributed by atoms with van der Waals surface area (Å²) in [7, 11) is 2.07. The quantitative estimate of drug-likeness (QED) is 0.824. The molecule has 140 valence electrons. The molecule has 0 aliphatic carbocycles. The molecule has 0 saturated carbocycles. The van der Waals surface area contributed by atoms with Crippen LogP contribution < -0.4 is 4.74 Å². The van der Waals surface area contributed by atoms with Gasteiger partial charge < -0.3 is 14.2 Å². The molecule has 1 aliphatic rings. The maximum atomic E-state index is 12.5. The van der Waals surface area contributed by atoms with E-state index in [-0.39, 0.29) is 12.5 Å². The number of aromatic nitrogens is 2. The molecule has 6 nitrogen and oxygen atoms in total. The highest BCUT2D eigenvalue weighted by atomic mass is 16.5. The predicted octanol–water partition coefficient (Wildman–Crippen LogP) is 2.15. The van der Waals surface area contributed by atoms with Crippen LogP contribution in [0.15, 0.2) is 30.3 Å². The predicted molar refractivity (Wildman–Crippen MR) is 101 cm³/mol. The Morgan fingerprint density at radius 3 is 2.58 bits per heavy atom. The number of para-hydroxylation sites is 1. The van der Waals surface area contributed by atoms with Crippen molar-refractivity contribution in [1.29, 1.82) is 0 Å². The monoisotopic (exact) mass is 356 g/mol. The van der Waals surface area contributed by atoms with Gasteiger partial charge in [0.15, 0.2) is 6.61 Å². The maximum Gasteiger partial charge on any atom is 0.260 e. The van der Waals surface area contributed by atoms with Crippen LogP contribution in [0, 0.1) is 13.8 Å². The van der Waals surface area contributed by atoms with E-state index in [0.29, 0.717) is 0 Å². The summed E-state index contributed by atoms with van der Waals surface area (Å²) < 4.78 is 7.76. The summed E-state index contributed by atoms with van der Waals surface area (Å²) >= 11 is 0. The van der Waals surface area contributed by atoms with Crippen molar-refractivity contribution in [3.05, 3.63) is 47.5 Å². The van der Waals surface area contributed by atoms with E-state index in [1.54, 1.807) is 0 Å². The highest BCUT2D eigenvalue weighted by Crippen LogP contribution is 2.13. The molecular weight excluding hydrogens is 328 g/mol. The molecule has 1 aliphatic heterocycles. The fraction of sp³-hybridized carbons (Fsp3) is 0.500. The minimum Gasteiger partial charge on any atom is -0.484 e. The smallest absolute Gasteiger partial charge is 0.260 e. The van der Waals surface area contributed by atoms with Gasteiger partial charge in [0.05, 0.1) is 12.2 Å². The molecule has 26 heavy (non-hydrogen) atoms. The summed E-state index contributed by atoms with van der Waals surface area (Å²) in [5, 5.41) is 0. The largest absolute Gasteiger partial charge is 0.484 e. The molecule has 1 amide bonds. The van der Waals surface area contributed by atoms with Crippen LogP contribution in [0.4, 0.5) is 0 Å². The second-order valence-electron chi connectivity index (χ2n) is 6.87. The molecule has 2 heterocycles. The standard InChI is InChI=1S/C20H28N4O2/c1-16-17(2)22(3)19(21-16)14-23-10-7-11-24(13-12-23)20(25)15-26-18-8-5-4-6-9-18/h4-6,8-9H,7,10-15H2,1-3H3. The van der Waals surface area contributed by atoms with Crippen LogP contribution in [0.2, 0.25) is 0 Å². The van der Waals surface area contributed by atoms with Crippen molar-refractivity contribution in [2.24, 2.45) is 7.05 Å². The van der Waals surface area contributed by atoms with E-state index >= 15 is 0 Å². The second-order valence-corrected chi connectivity index (χ2v) is 6.87. The summed E-state index contributed by atoms with van der Waals surface area (Å²) in [5.41, 5.74) is 2.30. The van der Waals surface area contributed by atoms with Crippen LogP contribution in [0.1, 0.15) is 23.6 Å². The topological polar surface area (TPSA) is 50.6 Å². The molecule has 1 aromatic heterocycles. The fourth-order valence-electron chi connectivity index (χ4n) is 3.26. The van der Waals surface area contributed by atoms with Crippen molar-refractivity contribution >= 4 is 5.91 Å². The lowest BCUT2D eigenvalue weighted by atomic mass is 10.3. The lowest BCUT2D eigenvalue weighted by Crippen LogP contribution is -2.38. The molecule has 1 fully saturated rings. The van der Waals surface area contributed by atoms with E-state index in [1.807, 2.05) is 42.2 Å². The molecular formula is C20H28N4O2. The Kier molecular flexibility index (Phi) is 5.93. The number of hydrogen-bond donors (Lipinski definition) is 0. The second kappa shape index (κ2) is 8.36. The summed E-state index contributed by atoms with van der Waals surface area (Å²) in [4.78, 5) is 21.4. The molecule has 6 heteroatoms. The Labute approximate surface area is 155 Å². The summed E-state index contributed by atoms with van der Waals surface area (Å²) in [6, 6.07) is 9.49. The number of carbonyl (C=O) groups is 1. The lowest BCUT2D eigenvalue weighted by Gasteiger charge is -2.22. The van der Waals surface area contributed by atoms with Gasteiger partial charge in [-0.3, -0.25) is 9.69 Å². The molecule has 3 rings (SSSR count). The van der Waals surface area contributed by atoms with E-state index < -0.39 is 0 Å². The van der Waals surface area contributed by atoms with Crippen LogP contribution in [0.5, 0.6) is 5.75 Å². The minimum atomic E-state index is 0.0550. The SMILES string of the molecule is Cc1nc(CN2CCCN(C(=O)COc3ccccc3)CC2)n(C)c1C. The summed E-state index contributed by atoms with van der Waals surface area (Å²) in [6.45, 7) is 8.44. The zero-order chi connectivity index (χ0) is 18.5. The van der Waals surface area contributed by atoms with Crippen LogP contribution in [0.3, 0.4) is 0 Å². The van der Waals surface area contributed by atoms with Crippen molar-refractivity contribution in [1.82, 2.24) is 19.4 Å². The zero-order valence-electron chi connectivity index (χ0n) is 15.9. The summed E-state index contributed by atoms with van der Waals surface area (Å²) in [6.07, 6.45) is 0.972. The molecule has 1 saturated heterocycles. The molecule has 0 atom stereocenters. The van der Waals surface area contributed by atoms with Gasteiger partial charge in [-0.15, -0.1) is 0 Å². The first-order valence-corrected chi connectivity index (χ1v) is 9.21. The number of carbonyl (C=O) groups excluding carboxylic acids is 1. The molecule has 0 radical (unpaired) electrons. The van der Waals surface area contributed by atoms with Crippen molar-refractivity contribution in [3.8, 4) is 5.75 Å². The highest BCUT2D eigenvalue weighted by molar-refractivity contribution is 5.77. The molecule has 0 spiro atoms. The number of amides is 1. The number of hydrogen-bond acceptors (Lipinski definition) is 4. The third-order valence-corrected chi connectivity index (χ3v) is 5.12. The number of aryl methyl sites for hydroxylation is 1. The van der Waals surface area contributed by atoms with Gasteiger partial charge in [-0.25, -0.2) is 4.98 Å².